The second-order valence-electron chi connectivity index (χ2n) is 5.49. The van der Waals surface area contributed by atoms with Gasteiger partial charge in [0.05, 0.1) is 5.56 Å². The van der Waals surface area contributed by atoms with Gasteiger partial charge in [-0.05, 0) is 42.2 Å². The van der Waals surface area contributed by atoms with Gasteiger partial charge in [0, 0.05) is 30.4 Å². The molecule has 0 spiro atoms. The number of esters is 1. The normalized spacial score (nSPS) is 10.2. The molecule has 0 unspecified atom stereocenters. The van der Waals surface area contributed by atoms with Gasteiger partial charge >= 0.3 is 5.97 Å². The molecule has 0 aliphatic rings. The zero-order chi connectivity index (χ0) is 18.2. The molecular weight excluding hydrogens is 336 g/mol. The molecule has 5 nitrogen and oxygen atoms in total. The molecule has 1 amide bonds. The van der Waals surface area contributed by atoms with Crippen LogP contribution in [0.2, 0.25) is 0 Å². The summed E-state index contributed by atoms with van der Waals surface area (Å²) < 4.78 is 5.14. The first-order valence-corrected chi connectivity index (χ1v) is 8.96. The Morgan fingerprint density at radius 2 is 1.76 bits per heavy atom. The number of rotatable bonds is 7. The van der Waals surface area contributed by atoms with Crippen LogP contribution in [0.25, 0.3) is 0 Å². The van der Waals surface area contributed by atoms with Crippen LogP contribution in [0.4, 0.5) is 11.4 Å². The number of ether oxygens (including phenoxy) is 1. The van der Waals surface area contributed by atoms with Crippen molar-refractivity contribution in [3.05, 3.63) is 54.1 Å². The maximum absolute atomic E-state index is 12.2. The fraction of sp³-hybridized carbons (Fsp3) is 0.263. The fourth-order valence-electron chi connectivity index (χ4n) is 2.17. The quantitative estimate of drug-likeness (QED) is 0.605. The van der Waals surface area contributed by atoms with Crippen LogP contribution in [0.3, 0.4) is 0 Å². The monoisotopic (exact) mass is 358 g/mol. The van der Waals surface area contributed by atoms with Crippen molar-refractivity contribution in [2.75, 3.05) is 36.7 Å². The Labute approximate surface area is 152 Å². The number of nitrogens with one attached hydrogen (secondary N) is 1. The van der Waals surface area contributed by atoms with Crippen LogP contribution in [0.15, 0.2) is 53.4 Å². The van der Waals surface area contributed by atoms with E-state index in [9.17, 15) is 9.59 Å². The van der Waals surface area contributed by atoms with Crippen LogP contribution in [0, 0.1) is 0 Å². The van der Waals surface area contributed by atoms with Gasteiger partial charge in [-0.3, -0.25) is 4.79 Å². The maximum Gasteiger partial charge on any atom is 0.339 e. The highest BCUT2D eigenvalue weighted by Crippen LogP contribution is 2.23. The van der Waals surface area contributed by atoms with Gasteiger partial charge in [-0.25, -0.2) is 4.79 Å². The predicted molar refractivity (Wildman–Crippen MR) is 103 cm³/mol. The molecule has 0 atom stereocenters. The number of nitrogens with zero attached hydrogens (tertiary/aromatic N) is 1. The number of carbonyl (C=O) groups is 2. The largest absolute Gasteiger partial charge is 0.452 e. The van der Waals surface area contributed by atoms with E-state index >= 15 is 0 Å². The first kappa shape index (κ1) is 18.9. The lowest BCUT2D eigenvalue weighted by molar-refractivity contribution is -0.119. The van der Waals surface area contributed by atoms with Crippen LogP contribution in [-0.2, 0) is 9.53 Å². The number of anilines is 2. The van der Waals surface area contributed by atoms with Gasteiger partial charge in [0.25, 0.3) is 5.91 Å². The van der Waals surface area contributed by atoms with E-state index in [-0.39, 0.29) is 12.5 Å². The molecule has 25 heavy (non-hydrogen) atoms. The van der Waals surface area contributed by atoms with Crippen molar-refractivity contribution < 1.29 is 14.3 Å². The van der Waals surface area contributed by atoms with Gasteiger partial charge in [-0.15, -0.1) is 11.8 Å². The van der Waals surface area contributed by atoms with E-state index < -0.39 is 5.97 Å². The van der Waals surface area contributed by atoms with Gasteiger partial charge in [0.1, 0.15) is 0 Å². The molecule has 2 rings (SSSR count). The highest BCUT2D eigenvalue weighted by Gasteiger charge is 2.14. The van der Waals surface area contributed by atoms with E-state index in [4.69, 9.17) is 4.74 Å². The van der Waals surface area contributed by atoms with Crippen molar-refractivity contribution >= 4 is 35.0 Å². The maximum atomic E-state index is 12.2. The molecule has 2 aromatic rings. The molecule has 0 saturated heterocycles. The Hall–Kier alpha value is -2.47. The zero-order valence-corrected chi connectivity index (χ0v) is 15.4. The first-order valence-electron chi connectivity index (χ1n) is 7.97. The number of hydrogen-bond donors (Lipinski definition) is 1. The van der Waals surface area contributed by atoms with Gasteiger partial charge in [0.15, 0.2) is 6.61 Å². The average molecular weight is 358 g/mol. The molecule has 0 aliphatic carbocycles. The minimum absolute atomic E-state index is 0.320. The molecular formula is C19H22N2O3S. The lowest BCUT2D eigenvalue weighted by Crippen LogP contribution is -2.21. The van der Waals surface area contributed by atoms with E-state index in [1.54, 1.807) is 23.9 Å². The van der Waals surface area contributed by atoms with Crippen LogP contribution in [0.5, 0.6) is 0 Å². The topological polar surface area (TPSA) is 58.6 Å². The van der Waals surface area contributed by atoms with E-state index in [1.807, 2.05) is 62.3 Å². The Morgan fingerprint density at radius 3 is 2.40 bits per heavy atom. The molecule has 0 heterocycles. The van der Waals surface area contributed by atoms with Crippen molar-refractivity contribution in [1.29, 1.82) is 0 Å². The van der Waals surface area contributed by atoms with Crippen LogP contribution >= 0.6 is 11.8 Å². The van der Waals surface area contributed by atoms with Crippen molar-refractivity contribution in [2.24, 2.45) is 0 Å². The molecule has 132 valence electrons. The standard InChI is InChI=1S/C19H22N2O3S/c1-4-25-17-8-6-5-7-16(17)19(23)24-13-18(22)20-14-9-11-15(12-10-14)21(2)3/h5-12H,4,13H2,1-3H3,(H,20,22). The molecule has 2 aromatic carbocycles. The molecule has 0 bridgehead atoms. The minimum Gasteiger partial charge on any atom is -0.452 e. The Bertz CT molecular complexity index is 730. The summed E-state index contributed by atoms with van der Waals surface area (Å²) in [5, 5.41) is 2.71. The van der Waals surface area contributed by atoms with E-state index in [0.717, 1.165) is 16.3 Å². The average Bonchev–Trinajstić information content (AvgIpc) is 2.61. The Kier molecular flexibility index (Phi) is 6.89. The third-order valence-electron chi connectivity index (χ3n) is 3.41. The SMILES string of the molecule is CCSc1ccccc1C(=O)OCC(=O)Nc1ccc(N(C)C)cc1. The van der Waals surface area contributed by atoms with Crippen LogP contribution in [-0.4, -0.2) is 38.3 Å². The molecule has 1 N–H and O–H groups in total. The number of hydrogen-bond acceptors (Lipinski definition) is 5. The number of thioether (sulfide) groups is 1. The minimum atomic E-state index is -0.491. The third-order valence-corrected chi connectivity index (χ3v) is 4.36. The van der Waals surface area contributed by atoms with Gasteiger partial charge in [-0.1, -0.05) is 19.1 Å². The lowest BCUT2D eigenvalue weighted by Gasteiger charge is -2.13. The second-order valence-corrected chi connectivity index (χ2v) is 6.80. The van der Waals surface area contributed by atoms with E-state index in [2.05, 4.69) is 5.32 Å². The summed E-state index contributed by atoms with van der Waals surface area (Å²) in [7, 11) is 3.89. The highest BCUT2D eigenvalue weighted by molar-refractivity contribution is 7.99. The molecule has 0 fully saturated rings. The molecule has 0 aliphatic heterocycles. The summed E-state index contributed by atoms with van der Waals surface area (Å²) in [5.41, 5.74) is 2.18. The molecule has 0 radical (unpaired) electrons. The van der Waals surface area contributed by atoms with E-state index in [1.165, 1.54) is 0 Å². The van der Waals surface area contributed by atoms with Crippen molar-refractivity contribution in [2.45, 2.75) is 11.8 Å². The van der Waals surface area contributed by atoms with Crippen molar-refractivity contribution in [3.63, 3.8) is 0 Å². The summed E-state index contributed by atoms with van der Waals surface area (Å²) in [6.07, 6.45) is 0. The van der Waals surface area contributed by atoms with Gasteiger partial charge < -0.3 is 15.0 Å². The van der Waals surface area contributed by atoms with Gasteiger partial charge in [-0.2, -0.15) is 0 Å². The van der Waals surface area contributed by atoms with E-state index in [0.29, 0.717) is 11.3 Å². The molecule has 6 heteroatoms. The van der Waals surface area contributed by atoms with Crippen LogP contribution < -0.4 is 10.2 Å². The fourth-order valence-corrected chi connectivity index (χ4v) is 2.96. The second kappa shape index (κ2) is 9.13. The summed E-state index contributed by atoms with van der Waals surface area (Å²) >= 11 is 1.57. The smallest absolute Gasteiger partial charge is 0.339 e. The lowest BCUT2D eigenvalue weighted by atomic mass is 10.2. The zero-order valence-electron chi connectivity index (χ0n) is 14.6. The summed E-state index contributed by atoms with van der Waals surface area (Å²) in [6, 6.07) is 14.7. The number of carbonyl (C=O) groups excluding carboxylic acids is 2. The van der Waals surface area contributed by atoms with Gasteiger partial charge in [0.2, 0.25) is 0 Å². The molecule has 0 saturated carbocycles. The van der Waals surface area contributed by atoms with Crippen LogP contribution in [0.1, 0.15) is 17.3 Å². The number of amides is 1. The summed E-state index contributed by atoms with van der Waals surface area (Å²) in [5.74, 6) is -0.00508. The number of benzene rings is 2. The van der Waals surface area contributed by atoms with Crippen molar-refractivity contribution in [3.8, 4) is 0 Å². The summed E-state index contributed by atoms with van der Waals surface area (Å²) in [4.78, 5) is 27.0. The highest BCUT2D eigenvalue weighted by atomic mass is 32.2. The molecule has 0 aromatic heterocycles. The summed E-state index contributed by atoms with van der Waals surface area (Å²) in [6.45, 7) is 1.70. The Morgan fingerprint density at radius 1 is 1.08 bits per heavy atom. The Balaban J connectivity index is 1.90. The predicted octanol–water partition coefficient (Wildman–Crippen LogP) is 3.66. The van der Waals surface area contributed by atoms with Crippen molar-refractivity contribution in [1.82, 2.24) is 0 Å². The first-order chi connectivity index (χ1) is 12.0. The third kappa shape index (κ3) is 5.53.